The largest absolute Gasteiger partial charge is 0.342 e. The molecule has 0 fully saturated rings. The highest BCUT2D eigenvalue weighted by Gasteiger charge is 2.25. The van der Waals surface area contributed by atoms with Gasteiger partial charge in [0.25, 0.3) is 5.91 Å². The number of fused-ring (bicyclic) bond motifs is 1. The molecule has 6 heteroatoms. The Morgan fingerprint density at radius 1 is 1.12 bits per heavy atom. The average Bonchev–Trinajstić information content (AvgIpc) is 3.11. The maximum atomic E-state index is 13.0. The molecular weight excluding hydrogens is 346 g/mol. The van der Waals surface area contributed by atoms with Gasteiger partial charge in [-0.15, -0.1) is 11.3 Å². The van der Waals surface area contributed by atoms with Crippen molar-refractivity contribution in [2.75, 3.05) is 0 Å². The second-order valence-corrected chi connectivity index (χ2v) is 7.14. The number of nitrogens with zero attached hydrogens (tertiary/aromatic N) is 2. The lowest BCUT2D eigenvalue weighted by atomic mass is 10.0. The predicted molar refractivity (Wildman–Crippen MR) is 104 cm³/mol. The minimum absolute atomic E-state index is 0.121. The Hall–Kier alpha value is -2.60. The zero-order chi connectivity index (χ0) is 18.4. The predicted octanol–water partition coefficient (Wildman–Crippen LogP) is 4.25. The summed E-state index contributed by atoms with van der Waals surface area (Å²) in [6.07, 6.45) is 6.70. The number of para-hydroxylation sites is 1. The van der Waals surface area contributed by atoms with E-state index in [1.165, 1.54) is 11.3 Å². The first kappa shape index (κ1) is 18.2. The van der Waals surface area contributed by atoms with E-state index >= 15 is 0 Å². The zero-order valence-electron chi connectivity index (χ0n) is 14.6. The van der Waals surface area contributed by atoms with E-state index in [0.29, 0.717) is 17.0 Å². The number of benzene rings is 1. The van der Waals surface area contributed by atoms with Crippen molar-refractivity contribution in [2.24, 2.45) is 0 Å². The van der Waals surface area contributed by atoms with Crippen molar-refractivity contribution in [3.05, 3.63) is 59.4 Å². The minimum Gasteiger partial charge on any atom is -0.342 e. The Bertz CT molecular complexity index is 859. The van der Waals surface area contributed by atoms with Crippen LogP contribution < -0.4 is 5.32 Å². The summed E-state index contributed by atoms with van der Waals surface area (Å²) in [6.45, 7) is 2.11. The van der Waals surface area contributed by atoms with Crippen LogP contribution in [0.1, 0.15) is 52.8 Å². The lowest BCUT2D eigenvalue weighted by molar-refractivity contribution is 0.0851. The first-order valence-electron chi connectivity index (χ1n) is 8.79. The van der Waals surface area contributed by atoms with Crippen LogP contribution in [0.2, 0.25) is 0 Å². The van der Waals surface area contributed by atoms with E-state index in [1.54, 1.807) is 24.5 Å². The lowest BCUT2D eigenvalue weighted by Crippen LogP contribution is -2.40. The van der Waals surface area contributed by atoms with Crippen LogP contribution in [0.25, 0.3) is 10.2 Å². The number of nitrogens with one attached hydrogen (secondary N) is 1. The molecule has 1 amide bonds. The van der Waals surface area contributed by atoms with Crippen LogP contribution in [-0.4, -0.2) is 27.7 Å². The van der Waals surface area contributed by atoms with Gasteiger partial charge in [0.2, 0.25) is 5.78 Å². The number of carbonyl (C=O) groups is 2. The van der Waals surface area contributed by atoms with E-state index in [2.05, 4.69) is 22.2 Å². The van der Waals surface area contributed by atoms with E-state index in [1.807, 2.05) is 24.3 Å². The first-order valence-corrected chi connectivity index (χ1v) is 9.61. The topological polar surface area (TPSA) is 72.0 Å². The van der Waals surface area contributed by atoms with Crippen molar-refractivity contribution in [1.29, 1.82) is 0 Å². The summed E-state index contributed by atoms with van der Waals surface area (Å²) >= 11 is 1.37. The van der Waals surface area contributed by atoms with Gasteiger partial charge in [-0.05, 0) is 30.7 Å². The van der Waals surface area contributed by atoms with Gasteiger partial charge in [-0.1, -0.05) is 38.3 Å². The van der Waals surface area contributed by atoms with Gasteiger partial charge in [0.15, 0.2) is 5.01 Å². The van der Waals surface area contributed by atoms with Crippen molar-refractivity contribution in [2.45, 2.75) is 38.6 Å². The molecule has 1 unspecified atom stereocenters. The third-order valence-corrected chi connectivity index (χ3v) is 5.22. The number of amides is 1. The van der Waals surface area contributed by atoms with Crippen LogP contribution in [0.3, 0.4) is 0 Å². The third-order valence-electron chi connectivity index (χ3n) is 4.17. The molecule has 134 valence electrons. The molecule has 2 aromatic heterocycles. The molecule has 0 saturated heterocycles. The highest BCUT2D eigenvalue weighted by atomic mass is 32.1. The van der Waals surface area contributed by atoms with Crippen LogP contribution in [0.15, 0.2) is 48.8 Å². The van der Waals surface area contributed by atoms with E-state index in [9.17, 15) is 9.59 Å². The maximum Gasteiger partial charge on any atom is 0.251 e. The molecule has 0 saturated carbocycles. The molecule has 0 radical (unpaired) electrons. The van der Waals surface area contributed by atoms with Gasteiger partial charge in [0.1, 0.15) is 0 Å². The fourth-order valence-corrected chi connectivity index (χ4v) is 3.70. The maximum absolute atomic E-state index is 13.0. The lowest BCUT2D eigenvalue weighted by Gasteiger charge is -2.16. The standard InChI is InChI=1S/C20H21N3O2S/c1-2-3-4-8-16(22-19(25)14-10-12-21-13-11-14)18(24)20-23-15-7-5-6-9-17(15)26-20/h5-7,9-13,16H,2-4,8H2,1H3,(H,22,25). The molecule has 0 spiro atoms. The van der Waals surface area contributed by atoms with E-state index in [0.717, 1.165) is 29.5 Å². The van der Waals surface area contributed by atoms with Crippen LogP contribution in [0.4, 0.5) is 0 Å². The number of aromatic nitrogens is 2. The zero-order valence-corrected chi connectivity index (χ0v) is 15.5. The van der Waals surface area contributed by atoms with Gasteiger partial charge in [0.05, 0.1) is 16.3 Å². The normalized spacial score (nSPS) is 12.0. The average molecular weight is 367 g/mol. The Morgan fingerprint density at radius 2 is 1.88 bits per heavy atom. The van der Waals surface area contributed by atoms with Gasteiger partial charge in [-0.3, -0.25) is 14.6 Å². The molecule has 1 atom stereocenters. The molecule has 26 heavy (non-hydrogen) atoms. The molecule has 1 aromatic carbocycles. The summed E-state index contributed by atoms with van der Waals surface area (Å²) in [4.78, 5) is 33.9. The second-order valence-electron chi connectivity index (χ2n) is 6.11. The smallest absolute Gasteiger partial charge is 0.251 e. The summed E-state index contributed by atoms with van der Waals surface area (Å²) in [5.41, 5.74) is 1.31. The number of hydrogen-bond donors (Lipinski definition) is 1. The third kappa shape index (κ3) is 4.32. The highest BCUT2D eigenvalue weighted by Crippen LogP contribution is 2.23. The van der Waals surface area contributed by atoms with Crippen LogP contribution in [-0.2, 0) is 0 Å². The number of thiazole rings is 1. The minimum atomic E-state index is -0.567. The Balaban J connectivity index is 1.80. The molecule has 0 aliphatic heterocycles. The summed E-state index contributed by atoms with van der Waals surface area (Å²) in [5.74, 6) is -0.381. The number of Topliss-reactive ketones (excluding diaryl/α,β-unsaturated/α-hetero) is 1. The van der Waals surface area contributed by atoms with E-state index < -0.39 is 6.04 Å². The fraction of sp³-hybridized carbons (Fsp3) is 0.300. The Morgan fingerprint density at radius 3 is 2.62 bits per heavy atom. The number of pyridine rings is 1. The van der Waals surface area contributed by atoms with E-state index in [4.69, 9.17) is 0 Å². The van der Waals surface area contributed by atoms with Gasteiger partial charge in [0, 0.05) is 18.0 Å². The molecular formula is C20H21N3O2S. The van der Waals surface area contributed by atoms with Crippen LogP contribution in [0.5, 0.6) is 0 Å². The van der Waals surface area contributed by atoms with Crippen LogP contribution in [0, 0.1) is 0 Å². The second kappa shape index (κ2) is 8.67. The number of unbranched alkanes of at least 4 members (excludes halogenated alkanes) is 2. The molecule has 5 nitrogen and oxygen atoms in total. The van der Waals surface area contributed by atoms with Gasteiger partial charge >= 0.3 is 0 Å². The molecule has 3 rings (SSSR count). The van der Waals surface area contributed by atoms with E-state index in [-0.39, 0.29) is 11.7 Å². The summed E-state index contributed by atoms with van der Waals surface area (Å²) in [7, 11) is 0. The van der Waals surface area contributed by atoms with Gasteiger partial charge in [-0.2, -0.15) is 0 Å². The summed E-state index contributed by atoms with van der Waals surface area (Å²) in [6, 6.07) is 10.4. The Labute approximate surface area is 156 Å². The molecule has 0 aliphatic carbocycles. The van der Waals surface area contributed by atoms with Crippen molar-refractivity contribution in [1.82, 2.24) is 15.3 Å². The quantitative estimate of drug-likeness (QED) is 0.477. The molecule has 1 N–H and O–H groups in total. The molecule has 2 heterocycles. The molecule has 3 aromatic rings. The number of ketones is 1. The number of hydrogen-bond acceptors (Lipinski definition) is 5. The van der Waals surface area contributed by atoms with Gasteiger partial charge in [-0.25, -0.2) is 4.98 Å². The van der Waals surface area contributed by atoms with Crippen molar-refractivity contribution < 1.29 is 9.59 Å². The summed E-state index contributed by atoms with van der Waals surface area (Å²) < 4.78 is 0.976. The Kier molecular flexibility index (Phi) is 6.07. The van der Waals surface area contributed by atoms with Crippen molar-refractivity contribution in [3.8, 4) is 0 Å². The SMILES string of the molecule is CCCCCC(NC(=O)c1ccncc1)C(=O)c1nc2ccccc2s1. The summed E-state index contributed by atoms with van der Waals surface area (Å²) in [5, 5.41) is 3.33. The number of carbonyl (C=O) groups excluding carboxylic acids is 2. The molecule has 0 aliphatic rings. The number of rotatable bonds is 8. The highest BCUT2D eigenvalue weighted by molar-refractivity contribution is 7.20. The van der Waals surface area contributed by atoms with Crippen LogP contribution >= 0.6 is 11.3 Å². The monoisotopic (exact) mass is 367 g/mol. The fourth-order valence-electron chi connectivity index (χ4n) is 2.74. The van der Waals surface area contributed by atoms with Crippen molar-refractivity contribution in [3.63, 3.8) is 0 Å². The molecule has 0 bridgehead atoms. The van der Waals surface area contributed by atoms with Crippen molar-refractivity contribution >= 4 is 33.2 Å². The first-order chi connectivity index (χ1) is 12.7. The van der Waals surface area contributed by atoms with Gasteiger partial charge < -0.3 is 5.32 Å².